The van der Waals surface area contributed by atoms with Crippen LogP contribution >= 0.6 is 0 Å². The molecule has 1 aliphatic heterocycles. The van der Waals surface area contributed by atoms with Gasteiger partial charge in [-0.2, -0.15) is 5.10 Å². The van der Waals surface area contributed by atoms with Gasteiger partial charge in [0.2, 0.25) is 0 Å². The minimum atomic E-state index is -0.971. The molecule has 0 bridgehead atoms. The van der Waals surface area contributed by atoms with Crippen molar-refractivity contribution in [3.8, 4) is 0 Å². The molecule has 0 radical (unpaired) electrons. The molecule has 21 heavy (non-hydrogen) atoms. The number of carboxylic acids is 1. The van der Waals surface area contributed by atoms with Gasteiger partial charge < -0.3 is 20.1 Å². The third kappa shape index (κ3) is 3.94. The first kappa shape index (κ1) is 15.3. The number of aromatic amines is 1. The lowest BCUT2D eigenvalue weighted by molar-refractivity contribution is -0.145. The minimum Gasteiger partial charge on any atom is -0.480 e. The lowest BCUT2D eigenvalue weighted by Gasteiger charge is -2.31. The molecule has 0 aliphatic carbocycles. The van der Waals surface area contributed by atoms with E-state index in [-0.39, 0.29) is 18.7 Å². The maximum atomic E-state index is 12.2. The zero-order chi connectivity index (χ0) is 15.4. The molecule has 116 valence electrons. The number of anilines is 1. The van der Waals surface area contributed by atoms with Gasteiger partial charge in [-0.15, -0.1) is 0 Å². The van der Waals surface area contributed by atoms with Gasteiger partial charge in [0.05, 0.1) is 23.2 Å². The van der Waals surface area contributed by atoms with Crippen molar-refractivity contribution in [3.63, 3.8) is 0 Å². The number of urea groups is 1. The Morgan fingerprint density at radius 1 is 1.43 bits per heavy atom. The fraction of sp³-hybridized carbons (Fsp3) is 0.615. The van der Waals surface area contributed by atoms with E-state index in [0.29, 0.717) is 31.6 Å². The largest absolute Gasteiger partial charge is 0.480 e. The zero-order valence-electron chi connectivity index (χ0n) is 12.2. The zero-order valence-corrected chi connectivity index (χ0v) is 12.2. The second kappa shape index (κ2) is 6.57. The molecule has 1 aromatic rings. The van der Waals surface area contributed by atoms with Gasteiger partial charge in [-0.25, -0.2) is 9.59 Å². The summed E-state index contributed by atoms with van der Waals surface area (Å²) in [5.41, 5.74) is 2.28. The number of amides is 2. The molecule has 8 nitrogen and oxygen atoms in total. The van der Waals surface area contributed by atoms with Crippen LogP contribution in [-0.2, 0) is 9.53 Å². The van der Waals surface area contributed by atoms with Crippen LogP contribution in [0, 0.1) is 13.8 Å². The average Bonchev–Trinajstić information content (AvgIpc) is 2.77. The summed E-state index contributed by atoms with van der Waals surface area (Å²) in [5.74, 6) is -0.971. The highest BCUT2D eigenvalue weighted by molar-refractivity contribution is 5.90. The van der Waals surface area contributed by atoms with Crippen LogP contribution in [0.1, 0.15) is 24.2 Å². The number of nitrogens with one attached hydrogen (secondary N) is 2. The fourth-order valence-electron chi connectivity index (χ4n) is 2.34. The monoisotopic (exact) mass is 296 g/mol. The van der Waals surface area contributed by atoms with E-state index in [4.69, 9.17) is 9.84 Å². The number of aryl methyl sites for hydroxylation is 2. The first-order chi connectivity index (χ1) is 9.97. The summed E-state index contributed by atoms with van der Waals surface area (Å²) in [5, 5.41) is 18.3. The maximum Gasteiger partial charge on any atom is 0.329 e. The van der Waals surface area contributed by atoms with Crippen molar-refractivity contribution in [1.82, 2.24) is 15.1 Å². The summed E-state index contributed by atoms with van der Waals surface area (Å²) in [6.45, 7) is 4.48. The molecule has 2 rings (SSSR count). The van der Waals surface area contributed by atoms with Gasteiger partial charge in [0.1, 0.15) is 6.61 Å². The standard InChI is InChI=1S/C13H20N4O4/c1-8-12(9(2)16-15-8)14-13(20)17-5-3-10(4-6-17)21-7-11(18)19/h10H,3-7H2,1-2H3,(H,14,20)(H,15,16)(H,18,19). The lowest BCUT2D eigenvalue weighted by Crippen LogP contribution is -2.43. The normalized spacial score (nSPS) is 16.0. The Morgan fingerprint density at radius 3 is 2.62 bits per heavy atom. The second-order valence-corrected chi connectivity index (χ2v) is 5.13. The molecular formula is C13H20N4O4. The van der Waals surface area contributed by atoms with E-state index < -0.39 is 5.97 Å². The van der Waals surface area contributed by atoms with Crippen molar-refractivity contribution in [3.05, 3.63) is 11.4 Å². The number of hydrogen-bond acceptors (Lipinski definition) is 4. The maximum absolute atomic E-state index is 12.2. The quantitative estimate of drug-likeness (QED) is 0.772. The van der Waals surface area contributed by atoms with E-state index in [0.717, 1.165) is 11.4 Å². The molecule has 2 amide bonds. The van der Waals surface area contributed by atoms with Crippen molar-refractivity contribution >= 4 is 17.7 Å². The lowest BCUT2D eigenvalue weighted by atomic mass is 10.1. The van der Waals surface area contributed by atoms with Crippen LogP contribution in [0.5, 0.6) is 0 Å². The van der Waals surface area contributed by atoms with Crippen LogP contribution in [0.25, 0.3) is 0 Å². The molecule has 1 aliphatic rings. The highest BCUT2D eigenvalue weighted by Gasteiger charge is 2.24. The van der Waals surface area contributed by atoms with Gasteiger partial charge in [-0.05, 0) is 26.7 Å². The highest BCUT2D eigenvalue weighted by atomic mass is 16.5. The molecule has 1 aromatic heterocycles. The first-order valence-electron chi connectivity index (χ1n) is 6.88. The number of carbonyl (C=O) groups is 2. The number of carbonyl (C=O) groups excluding carboxylic acids is 1. The third-order valence-electron chi connectivity index (χ3n) is 3.53. The van der Waals surface area contributed by atoms with Crippen molar-refractivity contribution in [2.24, 2.45) is 0 Å². The molecule has 0 unspecified atom stereocenters. The molecular weight excluding hydrogens is 276 g/mol. The van der Waals surface area contributed by atoms with E-state index in [1.807, 2.05) is 13.8 Å². The molecule has 0 aromatic carbocycles. The number of nitrogens with zero attached hydrogens (tertiary/aromatic N) is 2. The summed E-state index contributed by atoms with van der Waals surface area (Å²) < 4.78 is 5.24. The van der Waals surface area contributed by atoms with E-state index >= 15 is 0 Å². The number of likely N-dealkylation sites (tertiary alicyclic amines) is 1. The summed E-state index contributed by atoms with van der Waals surface area (Å²) in [6.07, 6.45) is 1.19. The summed E-state index contributed by atoms with van der Waals surface area (Å²) >= 11 is 0. The van der Waals surface area contributed by atoms with Gasteiger partial charge in [-0.1, -0.05) is 0 Å². The molecule has 2 heterocycles. The van der Waals surface area contributed by atoms with Gasteiger partial charge in [0.15, 0.2) is 0 Å². The molecule has 1 saturated heterocycles. The Hall–Kier alpha value is -2.09. The van der Waals surface area contributed by atoms with E-state index in [1.54, 1.807) is 4.90 Å². The van der Waals surface area contributed by atoms with E-state index in [9.17, 15) is 9.59 Å². The van der Waals surface area contributed by atoms with Crippen LogP contribution in [0.2, 0.25) is 0 Å². The summed E-state index contributed by atoms with van der Waals surface area (Å²) in [6, 6.07) is -0.167. The Morgan fingerprint density at radius 2 is 2.10 bits per heavy atom. The van der Waals surface area contributed by atoms with Crippen molar-refractivity contribution in [1.29, 1.82) is 0 Å². The minimum absolute atomic E-state index is 0.0949. The number of rotatable bonds is 4. The molecule has 1 fully saturated rings. The van der Waals surface area contributed by atoms with Crippen LogP contribution in [0.15, 0.2) is 0 Å². The van der Waals surface area contributed by atoms with Crippen LogP contribution in [0.4, 0.5) is 10.5 Å². The highest BCUT2D eigenvalue weighted by Crippen LogP contribution is 2.19. The number of piperidine rings is 1. The Labute approximate surface area is 122 Å². The molecule has 3 N–H and O–H groups in total. The molecule has 0 spiro atoms. The number of carboxylic acid groups (broad SMARTS) is 1. The van der Waals surface area contributed by atoms with E-state index in [1.165, 1.54) is 0 Å². The second-order valence-electron chi connectivity index (χ2n) is 5.13. The molecule has 8 heteroatoms. The average molecular weight is 296 g/mol. The molecule has 0 atom stereocenters. The van der Waals surface area contributed by atoms with Crippen LogP contribution in [0.3, 0.4) is 0 Å². The van der Waals surface area contributed by atoms with Crippen LogP contribution in [-0.4, -0.2) is 58.0 Å². The third-order valence-corrected chi connectivity index (χ3v) is 3.53. The van der Waals surface area contributed by atoms with Gasteiger partial charge in [0, 0.05) is 13.1 Å². The number of aromatic nitrogens is 2. The van der Waals surface area contributed by atoms with Crippen molar-refractivity contribution < 1.29 is 19.4 Å². The number of H-pyrrole nitrogens is 1. The fourth-order valence-corrected chi connectivity index (χ4v) is 2.34. The number of aliphatic carboxylic acids is 1. The van der Waals surface area contributed by atoms with Crippen molar-refractivity contribution in [2.45, 2.75) is 32.8 Å². The van der Waals surface area contributed by atoms with Crippen molar-refractivity contribution in [2.75, 3.05) is 25.0 Å². The summed E-state index contributed by atoms with van der Waals surface area (Å²) in [4.78, 5) is 24.3. The Kier molecular flexibility index (Phi) is 4.79. The van der Waals surface area contributed by atoms with Gasteiger partial charge in [0.25, 0.3) is 0 Å². The topological polar surface area (TPSA) is 108 Å². The van der Waals surface area contributed by atoms with E-state index in [2.05, 4.69) is 15.5 Å². The smallest absolute Gasteiger partial charge is 0.329 e. The summed E-state index contributed by atoms with van der Waals surface area (Å²) in [7, 11) is 0. The Balaban J connectivity index is 1.82. The number of ether oxygens (including phenoxy) is 1. The first-order valence-corrected chi connectivity index (χ1v) is 6.88. The SMILES string of the molecule is Cc1n[nH]c(C)c1NC(=O)N1CCC(OCC(=O)O)CC1. The number of hydrogen-bond donors (Lipinski definition) is 3. The molecule has 0 saturated carbocycles. The van der Waals surface area contributed by atoms with Crippen LogP contribution < -0.4 is 5.32 Å². The Bertz CT molecular complexity index is 501. The predicted molar refractivity (Wildman–Crippen MR) is 75.3 cm³/mol. The van der Waals surface area contributed by atoms with Gasteiger partial charge in [-0.3, -0.25) is 5.10 Å². The predicted octanol–water partition coefficient (Wildman–Crippen LogP) is 1.12. The van der Waals surface area contributed by atoms with Gasteiger partial charge >= 0.3 is 12.0 Å².